The summed E-state index contributed by atoms with van der Waals surface area (Å²) >= 11 is 0. The van der Waals surface area contributed by atoms with Crippen molar-refractivity contribution in [2.24, 2.45) is 4.99 Å². The van der Waals surface area contributed by atoms with E-state index in [9.17, 15) is 4.79 Å². The molecular weight excluding hydrogens is 220 g/mol. The summed E-state index contributed by atoms with van der Waals surface area (Å²) in [6, 6.07) is 12.1. The summed E-state index contributed by atoms with van der Waals surface area (Å²) in [7, 11) is 0. The molecule has 2 rings (SSSR count). The van der Waals surface area contributed by atoms with Crippen LogP contribution in [0, 0.1) is 0 Å². The molecule has 0 unspecified atom stereocenters. The molecule has 0 atom stereocenters. The molecule has 0 bridgehead atoms. The largest absolute Gasteiger partial charge is 0.480 e. The number of fused-ring (bicyclic) bond motifs is 1. The lowest BCUT2D eigenvalue weighted by molar-refractivity contribution is -0.135. The Bertz CT molecular complexity index is 483. The number of nitrogens with zero attached hydrogens (tertiary/aromatic N) is 2. The molecule has 0 aliphatic carbocycles. The van der Waals surface area contributed by atoms with Crippen molar-refractivity contribution in [2.45, 2.75) is 0 Å². The summed E-state index contributed by atoms with van der Waals surface area (Å²) in [6.07, 6.45) is 2.90. The smallest absolute Gasteiger partial charge is 0.326 e. The number of rotatable bonds is 2. The number of carboxylic acids is 1. The second-order valence-corrected chi connectivity index (χ2v) is 3.00. The molecule has 0 saturated heterocycles. The third-order valence-electron chi connectivity index (χ3n) is 1.79. The predicted molar refractivity (Wildman–Crippen MR) is 62.4 cm³/mol. The van der Waals surface area contributed by atoms with Crippen molar-refractivity contribution in [1.82, 2.24) is 4.98 Å². The first kappa shape index (κ1) is 12.5. The zero-order valence-electron chi connectivity index (χ0n) is 8.91. The van der Waals surface area contributed by atoms with E-state index in [2.05, 4.69) is 22.1 Å². The van der Waals surface area contributed by atoms with E-state index in [-0.39, 0.29) is 0 Å². The van der Waals surface area contributed by atoms with Crippen molar-refractivity contribution in [3.05, 3.63) is 42.6 Å². The molecule has 0 amide bonds. The van der Waals surface area contributed by atoms with Gasteiger partial charge in [-0.25, -0.2) is 4.79 Å². The van der Waals surface area contributed by atoms with E-state index in [0.717, 1.165) is 11.6 Å². The van der Waals surface area contributed by atoms with Gasteiger partial charge in [-0.1, -0.05) is 24.3 Å². The maximum absolute atomic E-state index is 9.49. The van der Waals surface area contributed by atoms with Gasteiger partial charge in [0.25, 0.3) is 0 Å². The van der Waals surface area contributed by atoms with Crippen LogP contribution in [-0.4, -0.2) is 28.7 Å². The molecule has 1 aromatic carbocycles. The fourth-order valence-electron chi connectivity index (χ4n) is 1.12. The summed E-state index contributed by atoms with van der Waals surface area (Å²) in [5.74, 6) is -1.12. The summed E-state index contributed by atoms with van der Waals surface area (Å²) in [5, 5.41) is 8.97. The zero-order chi connectivity index (χ0) is 12.5. The van der Waals surface area contributed by atoms with Crippen LogP contribution in [0.5, 0.6) is 0 Å². The number of para-hydroxylation sites is 1. The van der Waals surface area contributed by atoms with Crippen LogP contribution in [0.15, 0.2) is 47.6 Å². The van der Waals surface area contributed by atoms with Gasteiger partial charge in [0.2, 0.25) is 6.08 Å². The number of carbonyl (C=O) groups is 1. The first-order valence-electron chi connectivity index (χ1n) is 4.79. The van der Waals surface area contributed by atoms with E-state index < -0.39 is 12.5 Å². The van der Waals surface area contributed by atoms with Gasteiger partial charge in [0.15, 0.2) is 0 Å². The zero-order valence-corrected chi connectivity index (χ0v) is 8.91. The number of benzene rings is 1. The molecule has 0 aliphatic rings. The van der Waals surface area contributed by atoms with Gasteiger partial charge in [-0.15, -0.1) is 0 Å². The van der Waals surface area contributed by atoms with Crippen LogP contribution in [0.1, 0.15) is 0 Å². The van der Waals surface area contributed by atoms with Gasteiger partial charge in [0, 0.05) is 11.6 Å². The Morgan fingerprint density at radius 3 is 2.59 bits per heavy atom. The molecule has 86 valence electrons. The number of carbonyl (C=O) groups excluding carboxylic acids is 1. The van der Waals surface area contributed by atoms with E-state index in [0.29, 0.717) is 0 Å². The fourth-order valence-corrected chi connectivity index (χ4v) is 1.12. The average molecular weight is 230 g/mol. The van der Waals surface area contributed by atoms with Crippen LogP contribution in [0.2, 0.25) is 0 Å². The SMILES string of the molecule is O=C=NCC(=O)O.c1ccc2ncccc2c1. The highest BCUT2D eigenvalue weighted by atomic mass is 16.4. The quantitative estimate of drug-likeness (QED) is 0.628. The Hall–Kier alpha value is -2.52. The van der Waals surface area contributed by atoms with Crippen LogP contribution < -0.4 is 0 Å². The molecular formula is C12H10N2O3. The van der Waals surface area contributed by atoms with E-state index in [1.807, 2.05) is 30.5 Å². The van der Waals surface area contributed by atoms with Crippen LogP contribution >= 0.6 is 0 Å². The Labute approximate surface area is 97.4 Å². The maximum Gasteiger partial charge on any atom is 0.326 e. The highest BCUT2D eigenvalue weighted by Gasteiger charge is 1.87. The number of pyridine rings is 1. The Morgan fingerprint density at radius 1 is 1.29 bits per heavy atom. The molecule has 5 nitrogen and oxygen atoms in total. The summed E-state index contributed by atoms with van der Waals surface area (Å²) in [5.41, 5.74) is 1.06. The summed E-state index contributed by atoms with van der Waals surface area (Å²) < 4.78 is 0. The number of isocyanates is 1. The van der Waals surface area contributed by atoms with Crippen molar-refractivity contribution in [3.8, 4) is 0 Å². The monoisotopic (exact) mass is 230 g/mol. The minimum atomic E-state index is -1.12. The molecule has 1 N–H and O–H groups in total. The van der Waals surface area contributed by atoms with Crippen LogP contribution in [-0.2, 0) is 9.59 Å². The first-order chi connectivity index (χ1) is 8.24. The maximum atomic E-state index is 9.49. The number of carboxylic acid groups (broad SMARTS) is 1. The van der Waals surface area contributed by atoms with Crippen molar-refractivity contribution in [3.63, 3.8) is 0 Å². The van der Waals surface area contributed by atoms with Crippen molar-refractivity contribution in [2.75, 3.05) is 6.54 Å². The second kappa shape index (κ2) is 6.87. The van der Waals surface area contributed by atoms with E-state index in [1.54, 1.807) is 0 Å². The number of aliphatic imine (C=N–C) groups is 1. The molecule has 2 aromatic rings. The highest BCUT2D eigenvalue weighted by Crippen LogP contribution is 2.07. The van der Waals surface area contributed by atoms with Crippen molar-refractivity contribution in [1.29, 1.82) is 0 Å². The topological polar surface area (TPSA) is 79.6 Å². The van der Waals surface area contributed by atoms with Crippen LogP contribution in [0.25, 0.3) is 10.9 Å². The second-order valence-electron chi connectivity index (χ2n) is 3.00. The Morgan fingerprint density at radius 2 is 2.00 bits per heavy atom. The molecule has 17 heavy (non-hydrogen) atoms. The number of aliphatic carboxylic acids is 1. The average Bonchev–Trinajstić information content (AvgIpc) is 2.37. The van der Waals surface area contributed by atoms with Crippen molar-refractivity contribution < 1.29 is 14.7 Å². The van der Waals surface area contributed by atoms with Gasteiger partial charge in [0.05, 0.1) is 5.52 Å². The minimum Gasteiger partial charge on any atom is -0.480 e. The van der Waals surface area contributed by atoms with E-state index in [4.69, 9.17) is 9.90 Å². The third-order valence-corrected chi connectivity index (χ3v) is 1.79. The molecule has 1 heterocycles. The van der Waals surface area contributed by atoms with E-state index in [1.165, 1.54) is 5.39 Å². The summed E-state index contributed by atoms with van der Waals surface area (Å²) in [6.45, 7) is -0.483. The van der Waals surface area contributed by atoms with Crippen LogP contribution in [0.3, 0.4) is 0 Å². The molecule has 0 fully saturated rings. The fraction of sp³-hybridized carbons (Fsp3) is 0.0833. The summed E-state index contributed by atoms with van der Waals surface area (Å²) in [4.78, 5) is 25.6. The number of aromatic nitrogens is 1. The predicted octanol–water partition coefficient (Wildman–Crippen LogP) is 1.64. The molecule has 0 saturated carbocycles. The third kappa shape index (κ3) is 4.68. The van der Waals surface area contributed by atoms with Gasteiger partial charge in [0.1, 0.15) is 6.54 Å². The normalized spacial score (nSPS) is 8.71. The molecule has 0 aliphatic heterocycles. The molecule has 0 radical (unpaired) electrons. The highest BCUT2D eigenvalue weighted by molar-refractivity contribution is 5.77. The van der Waals surface area contributed by atoms with Gasteiger partial charge in [-0.3, -0.25) is 9.78 Å². The van der Waals surface area contributed by atoms with Gasteiger partial charge in [-0.05, 0) is 12.1 Å². The Balaban J connectivity index is 0.000000185. The lowest BCUT2D eigenvalue weighted by Gasteiger charge is -1.91. The van der Waals surface area contributed by atoms with Gasteiger partial charge >= 0.3 is 5.97 Å². The van der Waals surface area contributed by atoms with Gasteiger partial charge < -0.3 is 5.11 Å². The first-order valence-corrected chi connectivity index (χ1v) is 4.79. The standard InChI is InChI=1S/C9H7N.C3H3NO3/c1-2-6-9-8(4-1)5-3-7-10-9;5-2-4-1-3(6)7/h1-7H;1H2,(H,6,7). The van der Waals surface area contributed by atoms with E-state index >= 15 is 0 Å². The molecule has 0 spiro atoms. The minimum absolute atomic E-state index is 0.483. The molecule has 1 aromatic heterocycles. The lowest BCUT2D eigenvalue weighted by Crippen LogP contribution is -1.97. The lowest BCUT2D eigenvalue weighted by atomic mass is 10.2. The van der Waals surface area contributed by atoms with Crippen LogP contribution in [0.4, 0.5) is 0 Å². The van der Waals surface area contributed by atoms with Crippen molar-refractivity contribution >= 4 is 23.0 Å². The Kier molecular flexibility index (Phi) is 5.07. The number of hydrogen-bond donors (Lipinski definition) is 1. The van der Waals surface area contributed by atoms with Gasteiger partial charge in [-0.2, -0.15) is 4.99 Å². The number of hydrogen-bond acceptors (Lipinski definition) is 4. The molecule has 5 heteroatoms.